The molecule has 0 bridgehead atoms. The van der Waals surface area contributed by atoms with Crippen molar-refractivity contribution in [1.29, 1.82) is 0 Å². The first-order chi connectivity index (χ1) is 7.65. The first kappa shape index (κ1) is 12.8. The minimum Gasteiger partial charge on any atom is -0.495 e. The molecule has 3 nitrogen and oxygen atoms in total. The van der Waals surface area contributed by atoms with Gasteiger partial charge in [-0.1, -0.05) is 23.7 Å². The SMILES string of the molecule is COc1cccc(CCCCC(=O)O)c1Cl. The van der Waals surface area contributed by atoms with Crippen LogP contribution in [0.1, 0.15) is 24.8 Å². The van der Waals surface area contributed by atoms with Crippen molar-refractivity contribution in [1.82, 2.24) is 0 Å². The number of carboxylic acids is 1. The fraction of sp³-hybridized carbons (Fsp3) is 0.417. The van der Waals surface area contributed by atoms with Crippen molar-refractivity contribution in [2.24, 2.45) is 0 Å². The lowest BCUT2D eigenvalue weighted by atomic mass is 10.1. The molecule has 0 atom stereocenters. The first-order valence-corrected chi connectivity index (χ1v) is 5.56. The quantitative estimate of drug-likeness (QED) is 0.780. The predicted octanol–water partition coefficient (Wildman–Crippen LogP) is 3.15. The van der Waals surface area contributed by atoms with E-state index in [0.717, 1.165) is 18.4 Å². The third-order valence-corrected chi connectivity index (χ3v) is 2.78. The molecular formula is C12H15ClO3. The summed E-state index contributed by atoms with van der Waals surface area (Å²) in [7, 11) is 1.58. The van der Waals surface area contributed by atoms with Crippen molar-refractivity contribution in [2.45, 2.75) is 25.7 Å². The summed E-state index contributed by atoms with van der Waals surface area (Å²) >= 11 is 6.11. The summed E-state index contributed by atoms with van der Waals surface area (Å²) in [6, 6.07) is 5.63. The second-order valence-corrected chi connectivity index (χ2v) is 3.91. The number of ether oxygens (including phenoxy) is 1. The maximum atomic E-state index is 10.3. The Morgan fingerprint density at radius 3 is 2.81 bits per heavy atom. The van der Waals surface area contributed by atoms with Crippen molar-refractivity contribution in [3.8, 4) is 5.75 Å². The van der Waals surface area contributed by atoms with Gasteiger partial charge >= 0.3 is 5.97 Å². The van der Waals surface area contributed by atoms with Crippen molar-refractivity contribution in [3.05, 3.63) is 28.8 Å². The Kier molecular flexibility index (Phi) is 5.12. The Bertz CT molecular complexity index is 363. The van der Waals surface area contributed by atoms with Gasteiger partial charge in [0.15, 0.2) is 0 Å². The average Bonchev–Trinajstić information content (AvgIpc) is 2.26. The zero-order valence-electron chi connectivity index (χ0n) is 9.20. The van der Waals surface area contributed by atoms with Gasteiger partial charge in [0.1, 0.15) is 5.75 Å². The molecule has 1 N–H and O–H groups in total. The van der Waals surface area contributed by atoms with Crippen LogP contribution >= 0.6 is 11.6 Å². The van der Waals surface area contributed by atoms with Gasteiger partial charge < -0.3 is 9.84 Å². The Morgan fingerprint density at radius 1 is 1.44 bits per heavy atom. The van der Waals surface area contributed by atoms with Gasteiger partial charge in [-0.15, -0.1) is 0 Å². The van der Waals surface area contributed by atoms with Gasteiger partial charge in [0.25, 0.3) is 0 Å². The van der Waals surface area contributed by atoms with Crippen molar-refractivity contribution < 1.29 is 14.6 Å². The van der Waals surface area contributed by atoms with E-state index < -0.39 is 5.97 Å². The second kappa shape index (κ2) is 6.38. The number of benzene rings is 1. The fourth-order valence-corrected chi connectivity index (χ4v) is 1.80. The zero-order chi connectivity index (χ0) is 12.0. The standard InChI is InChI=1S/C12H15ClO3/c1-16-10-7-4-6-9(12(10)13)5-2-3-8-11(14)15/h4,6-7H,2-3,5,8H2,1H3,(H,14,15). The normalized spacial score (nSPS) is 10.1. The number of aliphatic carboxylic acids is 1. The Labute approximate surface area is 100.0 Å². The van der Waals surface area contributed by atoms with E-state index in [0.29, 0.717) is 17.2 Å². The van der Waals surface area contributed by atoms with Gasteiger partial charge in [0.2, 0.25) is 0 Å². The van der Waals surface area contributed by atoms with Crippen molar-refractivity contribution in [3.63, 3.8) is 0 Å². The molecule has 16 heavy (non-hydrogen) atoms. The topological polar surface area (TPSA) is 46.5 Å². The summed E-state index contributed by atoms with van der Waals surface area (Å²) in [6.07, 6.45) is 2.48. The number of rotatable bonds is 6. The molecule has 1 aromatic carbocycles. The van der Waals surface area contributed by atoms with Crippen LogP contribution in [-0.2, 0) is 11.2 Å². The molecule has 0 unspecified atom stereocenters. The van der Waals surface area contributed by atoms with Crippen molar-refractivity contribution in [2.75, 3.05) is 7.11 Å². The van der Waals surface area contributed by atoms with Gasteiger partial charge in [0.05, 0.1) is 12.1 Å². The predicted molar refractivity (Wildman–Crippen MR) is 63.2 cm³/mol. The second-order valence-electron chi connectivity index (χ2n) is 3.53. The van der Waals surface area contributed by atoms with E-state index in [-0.39, 0.29) is 6.42 Å². The maximum absolute atomic E-state index is 10.3. The third-order valence-electron chi connectivity index (χ3n) is 2.35. The molecule has 1 aromatic rings. The molecule has 4 heteroatoms. The fourth-order valence-electron chi connectivity index (χ4n) is 1.50. The molecule has 0 aliphatic heterocycles. The molecule has 0 fully saturated rings. The van der Waals surface area contributed by atoms with Crippen LogP contribution in [0.25, 0.3) is 0 Å². The van der Waals surface area contributed by atoms with E-state index in [1.165, 1.54) is 0 Å². The van der Waals surface area contributed by atoms with E-state index in [2.05, 4.69) is 0 Å². The number of unbranched alkanes of at least 4 members (excludes halogenated alkanes) is 1. The lowest BCUT2D eigenvalue weighted by Crippen LogP contribution is -1.96. The molecule has 0 spiro atoms. The largest absolute Gasteiger partial charge is 0.495 e. The number of carbonyl (C=O) groups is 1. The molecule has 0 aromatic heterocycles. The molecule has 0 saturated heterocycles. The van der Waals surface area contributed by atoms with Gasteiger partial charge in [-0.3, -0.25) is 4.79 Å². The number of methoxy groups -OCH3 is 1. The summed E-state index contributed by atoms with van der Waals surface area (Å²) in [6.45, 7) is 0. The van der Waals surface area contributed by atoms with E-state index >= 15 is 0 Å². The molecule has 0 amide bonds. The number of hydrogen-bond acceptors (Lipinski definition) is 2. The lowest BCUT2D eigenvalue weighted by Gasteiger charge is -2.07. The van der Waals surface area contributed by atoms with Crippen LogP contribution in [-0.4, -0.2) is 18.2 Å². The Balaban J connectivity index is 2.50. The van der Waals surface area contributed by atoms with Gasteiger partial charge in [-0.25, -0.2) is 0 Å². The highest BCUT2D eigenvalue weighted by atomic mass is 35.5. The summed E-state index contributed by atoms with van der Waals surface area (Å²) in [5.74, 6) is -0.0888. The molecule has 1 rings (SSSR count). The third kappa shape index (κ3) is 3.74. The maximum Gasteiger partial charge on any atom is 0.303 e. The van der Waals surface area contributed by atoms with Crippen LogP contribution in [0.5, 0.6) is 5.75 Å². The van der Waals surface area contributed by atoms with Gasteiger partial charge in [0, 0.05) is 6.42 Å². The number of halogens is 1. The van der Waals surface area contributed by atoms with Crippen LogP contribution in [0.2, 0.25) is 5.02 Å². The van der Waals surface area contributed by atoms with Crippen molar-refractivity contribution >= 4 is 17.6 Å². The van der Waals surface area contributed by atoms with Crippen LogP contribution < -0.4 is 4.74 Å². The molecule has 0 aliphatic carbocycles. The van der Waals surface area contributed by atoms with E-state index in [4.69, 9.17) is 21.4 Å². The molecule has 88 valence electrons. The Hall–Kier alpha value is -1.22. The van der Waals surface area contributed by atoms with E-state index in [1.807, 2.05) is 18.2 Å². The van der Waals surface area contributed by atoms with E-state index in [9.17, 15) is 4.79 Å². The highest BCUT2D eigenvalue weighted by Gasteiger charge is 2.06. The smallest absolute Gasteiger partial charge is 0.303 e. The van der Waals surface area contributed by atoms with Crippen LogP contribution in [0.15, 0.2) is 18.2 Å². The highest BCUT2D eigenvalue weighted by molar-refractivity contribution is 6.32. The minimum atomic E-state index is -0.753. The summed E-state index contributed by atoms with van der Waals surface area (Å²) < 4.78 is 5.10. The molecular weight excluding hydrogens is 228 g/mol. The summed E-state index contributed by atoms with van der Waals surface area (Å²) in [4.78, 5) is 10.3. The number of aryl methyl sites for hydroxylation is 1. The van der Waals surface area contributed by atoms with Gasteiger partial charge in [-0.2, -0.15) is 0 Å². The first-order valence-electron chi connectivity index (χ1n) is 5.18. The summed E-state index contributed by atoms with van der Waals surface area (Å²) in [5.41, 5.74) is 1.01. The summed E-state index contributed by atoms with van der Waals surface area (Å²) in [5, 5.41) is 9.13. The number of hydrogen-bond donors (Lipinski definition) is 1. The Morgan fingerprint density at radius 2 is 2.19 bits per heavy atom. The molecule has 0 saturated carbocycles. The highest BCUT2D eigenvalue weighted by Crippen LogP contribution is 2.28. The minimum absolute atomic E-state index is 0.210. The van der Waals surface area contributed by atoms with E-state index in [1.54, 1.807) is 7.11 Å². The lowest BCUT2D eigenvalue weighted by molar-refractivity contribution is -0.137. The molecule has 0 aliphatic rings. The average molecular weight is 243 g/mol. The van der Waals surface area contributed by atoms with Crippen LogP contribution in [0.4, 0.5) is 0 Å². The van der Waals surface area contributed by atoms with Crippen LogP contribution in [0, 0.1) is 0 Å². The molecule has 0 radical (unpaired) electrons. The zero-order valence-corrected chi connectivity index (χ0v) is 9.96. The number of carboxylic acid groups (broad SMARTS) is 1. The van der Waals surface area contributed by atoms with Gasteiger partial charge in [-0.05, 0) is 30.9 Å². The monoisotopic (exact) mass is 242 g/mol. The van der Waals surface area contributed by atoms with Crippen LogP contribution in [0.3, 0.4) is 0 Å². The molecule has 0 heterocycles.